The number of ether oxygens (including phenoxy) is 1. The number of rotatable bonds is 2. The van der Waals surface area contributed by atoms with Crippen LogP contribution in [0.25, 0.3) is 0 Å². The number of carboxylic acids is 1. The summed E-state index contributed by atoms with van der Waals surface area (Å²) in [6, 6.07) is -0.899. The van der Waals surface area contributed by atoms with Crippen LogP contribution in [0.2, 0.25) is 0 Å². The van der Waals surface area contributed by atoms with Gasteiger partial charge >= 0.3 is 12.0 Å². The van der Waals surface area contributed by atoms with Crippen molar-refractivity contribution >= 4 is 12.0 Å². The maximum atomic E-state index is 11.6. The number of nitrogens with one attached hydrogen (secondary N) is 1. The number of likely N-dealkylation sites (tertiary alicyclic amines) is 1. The number of carbonyl (C=O) groups is 2. The van der Waals surface area contributed by atoms with E-state index in [0.717, 1.165) is 6.42 Å². The monoisotopic (exact) mass is 214 g/mol. The molecule has 84 valence electrons. The van der Waals surface area contributed by atoms with E-state index < -0.39 is 12.0 Å². The third-order valence-electron chi connectivity index (χ3n) is 2.82. The lowest BCUT2D eigenvalue weighted by Gasteiger charge is -2.38. The molecule has 0 aromatic heterocycles. The van der Waals surface area contributed by atoms with E-state index in [1.807, 2.05) is 0 Å². The second kappa shape index (κ2) is 4.06. The van der Waals surface area contributed by atoms with Crippen LogP contribution in [-0.4, -0.2) is 53.8 Å². The highest BCUT2D eigenvalue weighted by atomic mass is 16.5. The Morgan fingerprint density at radius 3 is 2.67 bits per heavy atom. The fourth-order valence-electron chi connectivity index (χ4n) is 1.79. The molecule has 2 aliphatic rings. The minimum atomic E-state index is -0.931. The molecular formula is C9H14N2O4. The van der Waals surface area contributed by atoms with Gasteiger partial charge in [-0.3, -0.25) is 0 Å². The van der Waals surface area contributed by atoms with E-state index in [4.69, 9.17) is 9.84 Å². The van der Waals surface area contributed by atoms with Gasteiger partial charge in [0.05, 0.1) is 12.6 Å². The summed E-state index contributed by atoms with van der Waals surface area (Å²) in [7, 11) is 0. The number of carboxylic acid groups (broad SMARTS) is 1. The van der Waals surface area contributed by atoms with Gasteiger partial charge in [0.25, 0.3) is 0 Å². The van der Waals surface area contributed by atoms with Gasteiger partial charge in [-0.05, 0) is 12.8 Å². The normalized spacial score (nSPS) is 29.7. The maximum absolute atomic E-state index is 11.6. The zero-order chi connectivity index (χ0) is 10.8. The molecule has 0 aliphatic carbocycles. The Balaban J connectivity index is 1.82. The van der Waals surface area contributed by atoms with Crippen molar-refractivity contribution in [1.29, 1.82) is 0 Å². The average molecular weight is 214 g/mol. The van der Waals surface area contributed by atoms with Crippen LogP contribution in [-0.2, 0) is 9.53 Å². The van der Waals surface area contributed by atoms with E-state index in [-0.39, 0.29) is 12.1 Å². The van der Waals surface area contributed by atoms with Gasteiger partial charge < -0.3 is 20.1 Å². The first-order valence-electron chi connectivity index (χ1n) is 5.06. The smallest absolute Gasteiger partial charge is 0.326 e. The maximum Gasteiger partial charge on any atom is 0.326 e. The summed E-state index contributed by atoms with van der Waals surface area (Å²) < 4.78 is 5.11. The van der Waals surface area contributed by atoms with E-state index in [0.29, 0.717) is 26.2 Å². The molecule has 6 nitrogen and oxygen atoms in total. The Morgan fingerprint density at radius 1 is 1.40 bits per heavy atom. The van der Waals surface area contributed by atoms with Crippen LogP contribution in [0, 0.1) is 0 Å². The number of aliphatic carboxylic acids is 1. The average Bonchev–Trinajstić information content (AvgIpc) is 2.52. The van der Waals surface area contributed by atoms with Crippen LogP contribution >= 0.6 is 0 Å². The first-order valence-corrected chi connectivity index (χ1v) is 5.06. The summed E-state index contributed by atoms with van der Waals surface area (Å²) in [5, 5.41) is 11.5. The second-order valence-electron chi connectivity index (χ2n) is 3.85. The van der Waals surface area contributed by atoms with Crippen molar-refractivity contribution < 1.29 is 19.4 Å². The SMILES string of the molecule is O=C(O)C1CCN1C(=O)NC1CCOC1. The topological polar surface area (TPSA) is 78.9 Å². The Labute approximate surface area is 87.2 Å². The quantitative estimate of drug-likeness (QED) is 0.658. The van der Waals surface area contributed by atoms with Crippen LogP contribution in [0.4, 0.5) is 4.79 Å². The fraction of sp³-hybridized carbons (Fsp3) is 0.778. The van der Waals surface area contributed by atoms with Crippen molar-refractivity contribution in [3.8, 4) is 0 Å². The molecule has 0 spiro atoms. The number of hydrogen-bond acceptors (Lipinski definition) is 3. The molecule has 0 radical (unpaired) electrons. The zero-order valence-electron chi connectivity index (χ0n) is 8.31. The molecule has 2 atom stereocenters. The van der Waals surface area contributed by atoms with Gasteiger partial charge in [-0.1, -0.05) is 0 Å². The number of nitrogens with zero attached hydrogens (tertiary/aromatic N) is 1. The predicted molar refractivity (Wildman–Crippen MR) is 50.5 cm³/mol. The van der Waals surface area contributed by atoms with Gasteiger partial charge in [0.2, 0.25) is 0 Å². The summed E-state index contributed by atoms with van der Waals surface area (Å²) in [6.45, 7) is 1.71. The van der Waals surface area contributed by atoms with Gasteiger partial charge in [-0.15, -0.1) is 0 Å². The lowest BCUT2D eigenvalue weighted by atomic mass is 10.0. The van der Waals surface area contributed by atoms with Crippen molar-refractivity contribution in [2.75, 3.05) is 19.8 Å². The van der Waals surface area contributed by atoms with Crippen molar-refractivity contribution in [2.45, 2.75) is 24.9 Å². The fourth-order valence-corrected chi connectivity index (χ4v) is 1.79. The molecule has 2 N–H and O–H groups in total. The molecule has 0 aromatic rings. The van der Waals surface area contributed by atoms with Gasteiger partial charge in [0.15, 0.2) is 0 Å². The zero-order valence-corrected chi connectivity index (χ0v) is 8.31. The number of amides is 2. The highest BCUT2D eigenvalue weighted by molar-refractivity contribution is 5.84. The summed E-state index contributed by atoms with van der Waals surface area (Å²) in [5.74, 6) is -0.931. The molecule has 2 saturated heterocycles. The molecule has 0 saturated carbocycles. The minimum absolute atomic E-state index is 0.0348. The minimum Gasteiger partial charge on any atom is -0.480 e. The van der Waals surface area contributed by atoms with E-state index in [1.54, 1.807) is 0 Å². The number of hydrogen-bond donors (Lipinski definition) is 2. The van der Waals surface area contributed by atoms with Gasteiger partial charge in [0, 0.05) is 13.2 Å². The van der Waals surface area contributed by atoms with Gasteiger partial charge in [-0.25, -0.2) is 9.59 Å². The standard InChI is InChI=1S/C9H14N2O4/c12-8(13)7-1-3-11(7)9(14)10-6-2-4-15-5-6/h6-7H,1-5H2,(H,10,14)(H,12,13). The largest absolute Gasteiger partial charge is 0.480 e. The first kappa shape index (κ1) is 10.2. The lowest BCUT2D eigenvalue weighted by molar-refractivity contribution is -0.145. The highest BCUT2D eigenvalue weighted by Crippen LogP contribution is 2.17. The molecule has 2 aliphatic heterocycles. The molecular weight excluding hydrogens is 200 g/mol. The van der Waals surface area contributed by atoms with Crippen molar-refractivity contribution in [1.82, 2.24) is 10.2 Å². The van der Waals surface area contributed by atoms with Crippen molar-refractivity contribution in [3.63, 3.8) is 0 Å². The molecule has 6 heteroatoms. The Bertz CT molecular complexity index is 275. The van der Waals surface area contributed by atoms with Gasteiger partial charge in [0.1, 0.15) is 6.04 Å². The van der Waals surface area contributed by atoms with Crippen LogP contribution < -0.4 is 5.32 Å². The third-order valence-corrected chi connectivity index (χ3v) is 2.82. The van der Waals surface area contributed by atoms with E-state index in [1.165, 1.54) is 4.90 Å². The highest BCUT2D eigenvalue weighted by Gasteiger charge is 2.38. The number of urea groups is 1. The molecule has 0 aromatic carbocycles. The Morgan fingerprint density at radius 2 is 2.20 bits per heavy atom. The van der Waals surface area contributed by atoms with E-state index in [2.05, 4.69) is 5.32 Å². The second-order valence-corrected chi connectivity index (χ2v) is 3.85. The molecule has 2 fully saturated rings. The molecule has 2 heterocycles. The van der Waals surface area contributed by atoms with Crippen LogP contribution in [0.5, 0.6) is 0 Å². The van der Waals surface area contributed by atoms with Crippen molar-refractivity contribution in [2.24, 2.45) is 0 Å². The van der Waals surface area contributed by atoms with E-state index in [9.17, 15) is 9.59 Å². The third kappa shape index (κ3) is 2.04. The summed E-state index contributed by atoms with van der Waals surface area (Å²) in [6.07, 6.45) is 1.35. The molecule has 2 rings (SSSR count). The van der Waals surface area contributed by atoms with E-state index >= 15 is 0 Å². The Hall–Kier alpha value is -1.30. The number of carbonyl (C=O) groups excluding carboxylic acids is 1. The molecule has 0 bridgehead atoms. The van der Waals surface area contributed by atoms with Crippen LogP contribution in [0.1, 0.15) is 12.8 Å². The molecule has 2 unspecified atom stereocenters. The van der Waals surface area contributed by atoms with Crippen molar-refractivity contribution in [3.05, 3.63) is 0 Å². The molecule has 2 amide bonds. The molecule has 15 heavy (non-hydrogen) atoms. The summed E-state index contributed by atoms with van der Waals surface area (Å²) in [4.78, 5) is 23.6. The van der Waals surface area contributed by atoms with Crippen LogP contribution in [0.3, 0.4) is 0 Å². The lowest BCUT2D eigenvalue weighted by Crippen LogP contribution is -2.59. The predicted octanol–water partition coefficient (Wildman–Crippen LogP) is -0.356. The van der Waals surface area contributed by atoms with Gasteiger partial charge in [-0.2, -0.15) is 0 Å². The summed E-state index contributed by atoms with van der Waals surface area (Å²) in [5.41, 5.74) is 0. The first-order chi connectivity index (χ1) is 7.18. The van der Waals surface area contributed by atoms with Crippen LogP contribution in [0.15, 0.2) is 0 Å². The Kier molecular flexibility index (Phi) is 2.77. The summed E-state index contributed by atoms with van der Waals surface area (Å²) >= 11 is 0.